The van der Waals surface area contributed by atoms with Crippen molar-refractivity contribution in [1.82, 2.24) is 15.1 Å². The van der Waals surface area contributed by atoms with Gasteiger partial charge in [0.15, 0.2) is 0 Å². The van der Waals surface area contributed by atoms with Crippen LogP contribution in [0.5, 0.6) is 0 Å². The predicted molar refractivity (Wildman–Crippen MR) is 128 cm³/mol. The number of nitrogens with one attached hydrogen (secondary N) is 1. The Labute approximate surface area is 199 Å². The van der Waals surface area contributed by atoms with Crippen molar-refractivity contribution >= 4 is 45.6 Å². The molecule has 0 fully saturated rings. The highest BCUT2D eigenvalue weighted by molar-refractivity contribution is 7.18. The maximum absolute atomic E-state index is 12.9. The van der Waals surface area contributed by atoms with Crippen LogP contribution >= 0.6 is 22.9 Å². The molecule has 0 atom stereocenters. The summed E-state index contributed by atoms with van der Waals surface area (Å²) in [5, 5.41) is 23.6. The highest BCUT2D eigenvalue weighted by Crippen LogP contribution is 2.27. The molecule has 2 amide bonds. The Morgan fingerprint density at radius 1 is 1.15 bits per heavy atom. The summed E-state index contributed by atoms with van der Waals surface area (Å²) < 4.78 is 0. The third-order valence-corrected chi connectivity index (χ3v) is 5.94. The second kappa shape index (κ2) is 11.0. The zero-order valence-electron chi connectivity index (χ0n) is 18.1. The summed E-state index contributed by atoms with van der Waals surface area (Å²) >= 11 is 7.13. The van der Waals surface area contributed by atoms with Gasteiger partial charge >= 0.3 is 0 Å². The molecule has 0 saturated heterocycles. The van der Waals surface area contributed by atoms with Gasteiger partial charge in [-0.2, -0.15) is 0 Å². The molecular weight excluding hydrogens is 466 g/mol. The highest BCUT2D eigenvalue weighted by Gasteiger charge is 2.20. The van der Waals surface area contributed by atoms with Crippen LogP contribution < -0.4 is 5.32 Å². The Morgan fingerprint density at radius 3 is 2.55 bits per heavy atom. The summed E-state index contributed by atoms with van der Waals surface area (Å²) in [5.41, 5.74) is 1.43. The van der Waals surface area contributed by atoms with Crippen LogP contribution in [0.1, 0.15) is 35.7 Å². The topological polar surface area (TPSA) is 118 Å². The molecule has 1 N–H and O–H groups in total. The first kappa shape index (κ1) is 24.3. The van der Waals surface area contributed by atoms with E-state index in [1.807, 2.05) is 19.1 Å². The number of rotatable bonds is 9. The number of anilines is 1. The fraction of sp³-hybridized carbons (Fsp3) is 0.273. The summed E-state index contributed by atoms with van der Waals surface area (Å²) in [4.78, 5) is 37.6. The van der Waals surface area contributed by atoms with Crippen molar-refractivity contribution in [2.75, 3.05) is 18.4 Å². The number of carbonyl (C=O) groups is 2. The molecule has 11 heteroatoms. The first-order valence-electron chi connectivity index (χ1n) is 10.2. The van der Waals surface area contributed by atoms with E-state index >= 15 is 0 Å². The van der Waals surface area contributed by atoms with E-state index in [-0.39, 0.29) is 36.0 Å². The Kier molecular flexibility index (Phi) is 8.07. The van der Waals surface area contributed by atoms with Gasteiger partial charge in [0.1, 0.15) is 5.01 Å². The van der Waals surface area contributed by atoms with Crippen molar-refractivity contribution in [2.24, 2.45) is 0 Å². The largest absolute Gasteiger partial charge is 0.338 e. The van der Waals surface area contributed by atoms with Crippen LogP contribution in [-0.4, -0.2) is 44.9 Å². The average Bonchev–Trinajstić information content (AvgIpc) is 3.25. The van der Waals surface area contributed by atoms with E-state index in [0.717, 1.165) is 5.56 Å². The molecule has 1 heterocycles. The lowest BCUT2D eigenvalue weighted by molar-refractivity contribution is -0.385. The predicted octanol–water partition coefficient (Wildman–Crippen LogP) is 4.96. The van der Waals surface area contributed by atoms with Crippen molar-refractivity contribution in [1.29, 1.82) is 0 Å². The van der Waals surface area contributed by atoms with E-state index in [9.17, 15) is 19.7 Å². The number of carbonyl (C=O) groups excluding carboxylic acids is 2. The van der Waals surface area contributed by atoms with Gasteiger partial charge in [-0.05, 0) is 31.5 Å². The van der Waals surface area contributed by atoms with E-state index in [1.165, 1.54) is 22.3 Å². The van der Waals surface area contributed by atoms with Crippen molar-refractivity contribution in [3.05, 3.63) is 68.7 Å². The third-order valence-electron chi connectivity index (χ3n) is 4.80. The van der Waals surface area contributed by atoms with Crippen LogP contribution in [0, 0.1) is 17.0 Å². The normalized spacial score (nSPS) is 10.6. The molecule has 9 nitrogen and oxygen atoms in total. The quantitative estimate of drug-likeness (QED) is 0.336. The molecule has 0 spiro atoms. The summed E-state index contributed by atoms with van der Waals surface area (Å²) in [7, 11) is 0. The lowest BCUT2D eigenvalue weighted by Crippen LogP contribution is -2.34. The maximum Gasteiger partial charge on any atom is 0.273 e. The van der Waals surface area contributed by atoms with Crippen LogP contribution in [0.2, 0.25) is 5.02 Å². The zero-order chi connectivity index (χ0) is 24.0. The first-order valence-corrected chi connectivity index (χ1v) is 11.4. The van der Waals surface area contributed by atoms with E-state index in [2.05, 4.69) is 15.5 Å². The average molecular weight is 488 g/mol. The van der Waals surface area contributed by atoms with Gasteiger partial charge in [0.25, 0.3) is 11.6 Å². The van der Waals surface area contributed by atoms with Gasteiger partial charge < -0.3 is 10.2 Å². The van der Waals surface area contributed by atoms with Gasteiger partial charge in [0.05, 0.1) is 4.92 Å². The number of hydrogen-bond donors (Lipinski definition) is 1. The molecule has 0 bridgehead atoms. The molecule has 33 heavy (non-hydrogen) atoms. The molecule has 3 rings (SSSR count). The zero-order valence-corrected chi connectivity index (χ0v) is 19.7. The number of halogens is 1. The van der Waals surface area contributed by atoms with E-state index in [1.54, 1.807) is 31.2 Å². The number of aryl methyl sites for hydroxylation is 1. The Hall–Kier alpha value is -3.37. The minimum Gasteiger partial charge on any atom is -0.338 e. The number of benzene rings is 2. The highest BCUT2D eigenvalue weighted by atomic mass is 35.5. The molecule has 172 valence electrons. The fourth-order valence-corrected chi connectivity index (χ4v) is 4.00. The van der Waals surface area contributed by atoms with Gasteiger partial charge in [-0.3, -0.25) is 19.7 Å². The summed E-state index contributed by atoms with van der Waals surface area (Å²) in [5.74, 6) is -0.661. The van der Waals surface area contributed by atoms with Gasteiger partial charge in [-0.1, -0.05) is 48.1 Å². The van der Waals surface area contributed by atoms with Crippen LogP contribution in [0.25, 0.3) is 10.6 Å². The van der Waals surface area contributed by atoms with Gasteiger partial charge in [0, 0.05) is 47.3 Å². The van der Waals surface area contributed by atoms with E-state index < -0.39 is 4.92 Å². The number of nitrogens with zero attached hydrogens (tertiary/aromatic N) is 4. The lowest BCUT2D eigenvalue weighted by atomic mass is 10.1. The van der Waals surface area contributed by atoms with Crippen molar-refractivity contribution in [3.8, 4) is 10.6 Å². The number of nitro benzene ring substituents is 1. The van der Waals surface area contributed by atoms with Gasteiger partial charge in [0.2, 0.25) is 11.0 Å². The van der Waals surface area contributed by atoms with Crippen molar-refractivity contribution in [3.63, 3.8) is 0 Å². The number of nitro groups is 1. The summed E-state index contributed by atoms with van der Waals surface area (Å²) in [6.07, 6.45) is 0.734. The molecule has 0 aliphatic heterocycles. The van der Waals surface area contributed by atoms with E-state index in [4.69, 9.17) is 11.6 Å². The Balaban J connectivity index is 1.62. The van der Waals surface area contributed by atoms with E-state index in [0.29, 0.717) is 33.7 Å². The lowest BCUT2D eigenvalue weighted by Gasteiger charge is -2.22. The molecule has 1 aromatic heterocycles. The fourth-order valence-electron chi connectivity index (χ4n) is 3.11. The summed E-state index contributed by atoms with van der Waals surface area (Å²) in [6, 6.07) is 11.5. The van der Waals surface area contributed by atoms with Gasteiger partial charge in [-0.15, -0.1) is 10.2 Å². The second-order valence-electron chi connectivity index (χ2n) is 7.27. The minimum atomic E-state index is -0.510. The Morgan fingerprint density at radius 2 is 1.88 bits per heavy atom. The number of aromatic nitrogens is 2. The van der Waals surface area contributed by atoms with Crippen LogP contribution in [0.4, 0.5) is 10.8 Å². The van der Waals surface area contributed by atoms with Crippen molar-refractivity contribution < 1.29 is 14.5 Å². The van der Waals surface area contributed by atoms with Crippen LogP contribution in [0.15, 0.2) is 42.5 Å². The molecule has 0 aliphatic rings. The Bertz CT molecular complexity index is 1170. The first-order chi connectivity index (χ1) is 15.8. The number of amides is 2. The van der Waals surface area contributed by atoms with Crippen molar-refractivity contribution in [2.45, 2.75) is 26.7 Å². The molecule has 2 aromatic carbocycles. The molecule has 3 aromatic rings. The second-order valence-corrected chi connectivity index (χ2v) is 8.68. The molecule has 0 aliphatic carbocycles. The summed E-state index contributed by atoms with van der Waals surface area (Å²) in [6.45, 7) is 4.13. The molecule has 0 radical (unpaired) electrons. The minimum absolute atomic E-state index is 0.0511. The molecular formula is C22H22ClN5O4S. The van der Waals surface area contributed by atoms with Crippen LogP contribution in [-0.2, 0) is 4.79 Å². The standard InChI is InChI=1S/C22H22ClN5O4S/c1-3-11-27(21(30)16-5-4-14(2)18(13-16)28(31)32)12-10-19(29)24-22-26-25-20(33-22)15-6-8-17(23)9-7-15/h4-9,13H,3,10-12H2,1-2H3,(H,24,26,29). The monoisotopic (exact) mass is 487 g/mol. The molecule has 0 saturated carbocycles. The SMILES string of the molecule is CCCN(CCC(=O)Nc1nnc(-c2ccc(Cl)cc2)s1)C(=O)c1ccc(C)c([N+](=O)[O-])c1. The smallest absolute Gasteiger partial charge is 0.273 e. The van der Waals surface area contributed by atoms with Crippen LogP contribution in [0.3, 0.4) is 0 Å². The molecule has 0 unspecified atom stereocenters. The third kappa shape index (κ3) is 6.33. The maximum atomic E-state index is 12.9. The number of hydrogen-bond acceptors (Lipinski definition) is 7. The van der Waals surface area contributed by atoms with Gasteiger partial charge in [-0.25, -0.2) is 0 Å².